The number of carboxylic acid groups (broad SMARTS) is 1. The van der Waals surface area contributed by atoms with Crippen molar-refractivity contribution in [2.24, 2.45) is 5.92 Å². The molecule has 1 fully saturated rings. The van der Waals surface area contributed by atoms with E-state index < -0.39 is 5.97 Å². The Kier molecular flexibility index (Phi) is 3.79. The molecule has 0 saturated carbocycles. The van der Waals surface area contributed by atoms with Crippen LogP contribution in [0.1, 0.15) is 35.9 Å². The predicted molar refractivity (Wildman–Crippen MR) is 78.6 cm³/mol. The third-order valence-electron chi connectivity index (χ3n) is 4.18. The molecule has 0 radical (unpaired) electrons. The quantitative estimate of drug-likeness (QED) is 0.921. The van der Waals surface area contributed by atoms with Gasteiger partial charge in [0.15, 0.2) is 5.65 Å². The largest absolute Gasteiger partial charge is 0.481 e. The van der Waals surface area contributed by atoms with Gasteiger partial charge in [-0.15, -0.1) is 10.2 Å². The third kappa shape index (κ3) is 2.43. The summed E-state index contributed by atoms with van der Waals surface area (Å²) in [6, 6.07) is 3.56. The van der Waals surface area contributed by atoms with E-state index in [0.29, 0.717) is 37.1 Å². The lowest BCUT2D eigenvalue weighted by atomic mass is 9.97. The van der Waals surface area contributed by atoms with Crippen molar-refractivity contribution < 1.29 is 14.7 Å². The van der Waals surface area contributed by atoms with Gasteiger partial charge < -0.3 is 10.0 Å². The Morgan fingerprint density at radius 1 is 1.32 bits per heavy atom. The molecule has 116 valence electrons. The lowest BCUT2D eigenvalue weighted by Gasteiger charge is -2.30. The standard InChI is InChI=1S/C15H18N4O3/c1-2-12-16-17-13-11(4-3-7-19(12)13)14(20)18-8-5-10(6-9-18)15(21)22/h3-4,7,10H,2,5-6,8-9H2,1H3,(H,21,22). The first-order valence-corrected chi connectivity index (χ1v) is 7.46. The molecule has 2 aromatic rings. The van der Waals surface area contributed by atoms with E-state index in [-0.39, 0.29) is 11.8 Å². The maximum absolute atomic E-state index is 12.7. The number of rotatable bonds is 3. The Bertz CT molecular complexity index is 717. The number of aliphatic carboxylic acids is 1. The molecule has 1 aliphatic heterocycles. The van der Waals surface area contributed by atoms with Crippen LogP contribution >= 0.6 is 0 Å². The average molecular weight is 302 g/mol. The summed E-state index contributed by atoms with van der Waals surface area (Å²) in [5, 5.41) is 17.2. The van der Waals surface area contributed by atoms with Crippen molar-refractivity contribution >= 4 is 17.5 Å². The second-order valence-corrected chi connectivity index (χ2v) is 5.49. The fraction of sp³-hybridized carbons (Fsp3) is 0.467. The summed E-state index contributed by atoms with van der Waals surface area (Å²) in [5.41, 5.74) is 1.08. The van der Waals surface area contributed by atoms with Crippen LogP contribution in [0.15, 0.2) is 18.3 Å². The minimum atomic E-state index is -0.778. The number of hydrogen-bond donors (Lipinski definition) is 1. The van der Waals surface area contributed by atoms with Gasteiger partial charge in [-0.05, 0) is 25.0 Å². The number of carbonyl (C=O) groups excluding carboxylic acids is 1. The topological polar surface area (TPSA) is 87.8 Å². The summed E-state index contributed by atoms with van der Waals surface area (Å²) < 4.78 is 1.83. The summed E-state index contributed by atoms with van der Waals surface area (Å²) in [6.07, 6.45) is 3.58. The van der Waals surface area contributed by atoms with E-state index in [9.17, 15) is 9.59 Å². The average Bonchev–Trinajstić information content (AvgIpc) is 2.97. The highest BCUT2D eigenvalue weighted by atomic mass is 16.4. The molecule has 0 spiro atoms. The maximum atomic E-state index is 12.7. The van der Waals surface area contributed by atoms with Gasteiger partial charge in [-0.3, -0.25) is 14.0 Å². The van der Waals surface area contributed by atoms with Crippen LogP contribution in [0.3, 0.4) is 0 Å². The van der Waals surface area contributed by atoms with Crippen LogP contribution in [0.25, 0.3) is 5.65 Å². The zero-order valence-corrected chi connectivity index (χ0v) is 12.4. The van der Waals surface area contributed by atoms with Crippen molar-refractivity contribution in [3.8, 4) is 0 Å². The van der Waals surface area contributed by atoms with Crippen LogP contribution in [0, 0.1) is 5.92 Å². The number of fused-ring (bicyclic) bond motifs is 1. The van der Waals surface area contributed by atoms with E-state index in [0.717, 1.165) is 12.2 Å². The second-order valence-electron chi connectivity index (χ2n) is 5.49. The van der Waals surface area contributed by atoms with Gasteiger partial charge in [0, 0.05) is 25.7 Å². The summed E-state index contributed by atoms with van der Waals surface area (Å²) >= 11 is 0. The molecule has 0 aromatic carbocycles. The summed E-state index contributed by atoms with van der Waals surface area (Å²) in [6.45, 7) is 2.92. The SMILES string of the molecule is CCc1nnc2c(C(=O)N3CCC(C(=O)O)CC3)cccn12. The van der Waals surface area contributed by atoms with E-state index in [1.807, 2.05) is 23.6 Å². The first kappa shape index (κ1) is 14.5. The lowest BCUT2D eigenvalue weighted by Crippen LogP contribution is -2.40. The van der Waals surface area contributed by atoms with Crippen molar-refractivity contribution in [1.82, 2.24) is 19.5 Å². The second kappa shape index (κ2) is 5.75. The highest BCUT2D eigenvalue weighted by molar-refractivity contribution is 5.99. The number of piperidine rings is 1. The fourth-order valence-electron chi connectivity index (χ4n) is 2.87. The van der Waals surface area contributed by atoms with Crippen molar-refractivity contribution in [2.75, 3.05) is 13.1 Å². The molecule has 2 aromatic heterocycles. The molecule has 1 aliphatic rings. The van der Waals surface area contributed by atoms with Crippen molar-refractivity contribution in [2.45, 2.75) is 26.2 Å². The van der Waals surface area contributed by atoms with E-state index in [1.165, 1.54) is 0 Å². The van der Waals surface area contributed by atoms with Gasteiger partial charge in [-0.25, -0.2) is 0 Å². The van der Waals surface area contributed by atoms with E-state index >= 15 is 0 Å². The molecule has 3 heterocycles. The zero-order valence-electron chi connectivity index (χ0n) is 12.4. The number of carbonyl (C=O) groups is 2. The Morgan fingerprint density at radius 2 is 2.05 bits per heavy atom. The number of amides is 1. The number of hydrogen-bond acceptors (Lipinski definition) is 4. The molecular weight excluding hydrogens is 284 g/mol. The monoisotopic (exact) mass is 302 g/mol. The number of carboxylic acids is 1. The van der Waals surface area contributed by atoms with Crippen LogP contribution in [0.5, 0.6) is 0 Å². The van der Waals surface area contributed by atoms with Crippen LogP contribution in [0.2, 0.25) is 0 Å². The van der Waals surface area contributed by atoms with Crippen LogP contribution < -0.4 is 0 Å². The predicted octanol–water partition coefficient (Wildman–Crippen LogP) is 1.23. The number of aryl methyl sites for hydroxylation is 1. The Hall–Kier alpha value is -2.44. The number of aromatic nitrogens is 3. The molecule has 3 rings (SSSR count). The van der Waals surface area contributed by atoms with Crippen molar-refractivity contribution in [3.05, 3.63) is 29.7 Å². The highest BCUT2D eigenvalue weighted by Crippen LogP contribution is 2.20. The minimum Gasteiger partial charge on any atom is -0.481 e. The fourth-order valence-corrected chi connectivity index (χ4v) is 2.87. The number of pyridine rings is 1. The third-order valence-corrected chi connectivity index (χ3v) is 4.18. The van der Waals surface area contributed by atoms with E-state index in [1.54, 1.807) is 11.0 Å². The van der Waals surface area contributed by atoms with E-state index in [4.69, 9.17) is 5.11 Å². The lowest BCUT2D eigenvalue weighted by molar-refractivity contribution is -0.143. The first-order chi connectivity index (χ1) is 10.6. The minimum absolute atomic E-state index is 0.107. The Labute approximate surface area is 127 Å². The molecule has 0 unspecified atom stereocenters. The highest BCUT2D eigenvalue weighted by Gasteiger charge is 2.28. The normalized spacial score (nSPS) is 16.1. The smallest absolute Gasteiger partial charge is 0.306 e. The van der Waals surface area contributed by atoms with Gasteiger partial charge >= 0.3 is 5.97 Å². The van der Waals surface area contributed by atoms with Crippen LogP contribution in [-0.4, -0.2) is 49.6 Å². The summed E-state index contributed by atoms with van der Waals surface area (Å²) in [5.74, 6) is -0.419. The Balaban J connectivity index is 1.84. The van der Waals surface area contributed by atoms with Gasteiger partial charge in [-0.2, -0.15) is 0 Å². The first-order valence-electron chi connectivity index (χ1n) is 7.46. The molecule has 1 amide bonds. The van der Waals surface area contributed by atoms with Gasteiger partial charge in [0.1, 0.15) is 5.82 Å². The molecule has 0 bridgehead atoms. The van der Waals surface area contributed by atoms with Gasteiger partial charge in [0.05, 0.1) is 11.5 Å². The molecule has 1 N–H and O–H groups in total. The van der Waals surface area contributed by atoms with Gasteiger partial charge in [0.2, 0.25) is 0 Å². The van der Waals surface area contributed by atoms with Gasteiger partial charge in [-0.1, -0.05) is 6.92 Å². The summed E-state index contributed by atoms with van der Waals surface area (Å²) in [4.78, 5) is 25.4. The van der Waals surface area contributed by atoms with Gasteiger partial charge in [0.25, 0.3) is 5.91 Å². The van der Waals surface area contributed by atoms with Crippen LogP contribution in [-0.2, 0) is 11.2 Å². The van der Waals surface area contributed by atoms with E-state index in [2.05, 4.69) is 10.2 Å². The van der Waals surface area contributed by atoms with Crippen molar-refractivity contribution in [3.63, 3.8) is 0 Å². The van der Waals surface area contributed by atoms with Crippen LogP contribution in [0.4, 0.5) is 0 Å². The molecule has 0 aliphatic carbocycles. The maximum Gasteiger partial charge on any atom is 0.306 e. The molecule has 22 heavy (non-hydrogen) atoms. The zero-order chi connectivity index (χ0) is 15.7. The molecule has 0 atom stereocenters. The molecule has 1 saturated heterocycles. The number of likely N-dealkylation sites (tertiary alicyclic amines) is 1. The molecule has 7 nitrogen and oxygen atoms in total. The molecule has 7 heteroatoms. The van der Waals surface area contributed by atoms with Crippen molar-refractivity contribution in [1.29, 1.82) is 0 Å². The number of nitrogens with zero attached hydrogens (tertiary/aromatic N) is 4. The Morgan fingerprint density at radius 3 is 2.68 bits per heavy atom. The summed E-state index contributed by atoms with van der Waals surface area (Å²) in [7, 11) is 0. The molecular formula is C15H18N4O3.